The molecule has 158 valence electrons. The Balaban J connectivity index is 1.51. The fraction of sp³-hybridized carbons (Fsp3) is 0.0476. The molecule has 0 spiro atoms. The highest BCUT2D eigenvalue weighted by Gasteiger charge is 2.17. The van der Waals surface area contributed by atoms with Crippen LogP contribution in [0.5, 0.6) is 0 Å². The number of hydrogen-bond acceptors (Lipinski definition) is 5. The van der Waals surface area contributed by atoms with Gasteiger partial charge in [0.2, 0.25) is 0 Å². The molecule has 9 nitrogen and oxygen atoms in total. The summed E-state index contributed by atoms with van der Waals surface area (Å²) in [5, 5.41) is 5.33. The summed E-state index contributed by atoms with van der Waals surface area (Å²) in [5.41, 5.74) is 1.94. The Labute approximate surface area is 177 Å². The molecule has 31 heavy (non-hydrogen) atoms. The predicted molar refractivity (Wildman–Crippen MR) is 118 cm³/mol. The Morgan fingerprint density at radius 3 is 2.32 bits per heavy atom. The topological polar surface area (TPSA) is 122 Å². The molecule has 3 aromatic carbocycles. The first-order valence-corrected chi connectivity index (χ1v) is 10.7. The molecule has 10 heteroatoms. The summed E-state index contributed by atoms with van der Waals surface area (Å²) in [6.07, 6.45) is 0. The summed E-state index contributed by atoms with van der Waals surface area (Å²) in [6, 6.07) is 18.9. The van der Waals surface area contributed by atoms with E-state index in [4.69, 9.17) is 4.42 Å². The number of nitrogens with one attached hydrogen (secondary N) is 3. The van der Waals surface area contributed by atoms with Gasteiger partial charge in [-0.05, 0) is 42.5 Å². The zero-order chi connectivity index (χ0) is 22.0. The Kier molecular flexibility index (Phi) is 5.22. The quantitative estimate of drug-likeness (QED) is 0.440. The first-order valence-electron chi connectivity index (χ1n) is 9.17. The zero-order valence-electron chi connectivity index (χ0n) is 16.3. The minimum atomic E-state index is -3.95. The van der Waals surface area contributed by atoms with Gasteiger partial charge in [-0.3, -0.25) is 9.29 Å². The largest absolute Gasteiger partial charge is 0.419 e. The lowest BCUT2D eigenvalue weighted by molar-refractivity contribution is 0.262. The molecule has 0 aliphatic carbocycles. The van der Waals surface area contributed by atoms with Gasteiger partial charge in [0, 0.05) is 24.5 Å². The lowest BCUT2D eigenvalue weighted by Crippen LogP contribution is -2.19. The molecule has 4 aromatic rings. The van der Waals surface area contributed by atoms with E-state index in [0.717, 1.165) is 0 Å². The number of anilines is 3. The van der Waals surface area contributed by atoms with E-state index >= 15 is 0 Å². The molecule has 4 rings (SSSR count). The number of oxazole rings is 1. The lowest BCUT2D eigenvalue weighted by atomic mass is 10.3. The second kappa shape index (κ2) is 8.00. The lowest BCUT2D eigenvalue weighted by Gasteiger charge is -2.11. The number of sulfonamides is 1. The van der Waals surface area contributed by atoms with Gasteiger partial charge in [-0.1, -0.05) is 24.3 Å². The second-order valence-corrected chi connectivity index (χ2v) is 8.37. The molecule has 3 N–H and O–H groups in total. The Hall–Kier alpha value is -4.05. The molecule has 1 heterocycles. The average molecular weight is 438 g/mol. The summed E-state index contributed by atoms with van der Waals surface area (Å²) in [6.45, 7) is 0. The predicted octanol–water partition coefficient (Wildman–Crippen LogP) is 3.58. The summed E-state index contributed by atoms with van der Waals surface area (Å²) in [7, 11) is -2.42. The third-order valence-electron chi connectivity index (χ3n) is 4.48. The van der Waals surface area contributed by atoms with Crippen LogP contribution >= 0.6 is 0 Å². The van der Waals surface area contributed by atoms with Crippen molar-refractivity contribution in [1.82, 2.24) is 4.57 Å². The smallest absolute Gasteiger partial charge is 0.408 e. The Morgan fingerprint density at radius 1 is 0.871 bits per heavy atom. The molecule has 1 aromatic heterocycles. The molecule has 0 fully saturated rings. The van der Waals surface area contributed by atoms with Crippen LogP contribution in [0.15, 0.2) is 86.9 Å². The van der Waals surface area contributed by atoms with Crippen molar-refractivity contribution in [3.63, 3.8) is 0 Å². The number of para-hydroxylation sites is 1. The highest BCUT2D eigenvalue weighted by molar-refractivity contribution is 7.92. The standard InChI is InChI=1S/C21H18N4O5S/c1-25-18-11-10-17(13-19(18)30-21(25)27)31(28,29)24-16-9-5-8-15(12-16)23-20(26)22-14-6-3-2-4-7-14/h2-13,24H,1H3,(H2,22,23,26). The van der Waals surface area contributed by atoms with Crippen LogP contribution in [0, 0.1) is 0 Å². The number of nitrogens with zero attached hydrogens (tertiary/aromatic N) is 1. The van der Waals surface area contributed by atoms with E-state index in [9.17, 15) is 18.0 Å². The number of rotatable bonds is 5. The van der Waals surface area contributed by atoms with Gasteiger partial charge in [-0.15, -0.1) is 0 Å². The normalized spacial score (nSPS) is 11.3. The van der Waals surface area contributed by atoms with Crippen molar-refractivity contribution in [3.8, 4) is 0 Å². The third kappa shape index (κ3) is 4.43. The summed E-state index contributed by atoms with van der Waals surface area (Å²) >= 11 is 0. The van der Waals surface area contributed by atoms with Crippen LogP contribution in [0.4, 0.5) is 21.9 Å². The van der Waals surface area contributed by atoms with Crippen LogP contribution in [0.1, 0.15) is 0 Å². The Morgan fingerprint density at radius 2 is 1.55 bits per heavy atom. The number of urea groups is 1. The number of aromatic nitrogens is 1. The fourth-order valence-electron chi connectivity index (χ4n) is 2.97. The number of carbonyl (C=O) groups excluding carboxylic acids is 1. The number of hydrogen-bond donors (Lipinski definition) is 3. The van der Waals surface area contributed by atoms with E-state index in [2.05, 4.69) is 15.4 Å². The maximum atomic E-state index is 12.8. The van der Waals surface area contributed by atoms with Crippen molar-refractivity contribution in [2.75, 3.05) is 15.4 Å². The SMILES string of the molecule is Cn1c(=O)oc2cc(S(=O)(=O)Nc3cccc(NC(=O)Nc4ccccc4)c3)ccc21. The molecule has 0 unspecified atom stereocenters. The van der Waals surface area contributed by atoms with E-state index in [-0.39, 0.29) is 16.2 Å². The first-order chi connectivity index (χ1) is 14.8. The Bertz CT molecular complexity index is 1430. The van der Waals surface area contributed by atoms with Gasteiger partial charge >= 0.3 is 11.8 Å². The summed E-state index contributed by atoms with van der Waals surface area (Å²) in [5.74, 6) is -0.579. The van der Waals surface area contributed by atoms with Crippen molar-refractivity contribution in [2.45, 2.75) is 4.90 Å². The van der Waals surface area contributed by atoms with Gasteiger partial charge in [0.05, 0.1) is 16.1 Å². The van der Waals surface area contributed by atoms with E-state index in [0.29, 0.717) is 16.9 Å². The molecule has 0 atom stereocenters. The van der Waals surface area contributed by atoms with Crippen molar-refractivity contribution >= 4 is 44.2 Å². The van der Waals surface area contributed by atoms with Crippen LogP contribution in [0.2, 0.25) is 0 Å². The molecule has 2 amide bonds. The molecule has 0 radical (unpaired) electrons. The van der Waals surface area contributed by atoms with E-state index in [1.807, 2.05) is 6.07 Å². The van der Waals surface area contributed by atoms with E-state index in [1.54, 1.807) is 42.5 Å². The molecule has 0 bridgehead atoms. The second-order valence-electron chi connectivity index (χ2n) is 6.69. The third-order valence-corrected chi connectivity index (χ3v) is 5.86. The number of fused-ring (bicyclic) bond motifs is 1. The van der Waals surface area contributed by atoms with Crippen LogP contribution in [0.25, 0.3) is 11.1 Å². The van der Waals surface area contributed by atoms with E-state index in [1.165, 1.54) is 35.9 Å². The zero-order valence-corrected chi connectivity index (χ0v) is 17.1. The minimum Gasteiger partial charge on any atom is -0.408 e. The maximum Gasteiger partial charge on any atom is 0.419 e. The van der Waals surface area contributed by atoms with Crippen LogP contribution < -0.4 is 21.1 Å². The van der Waals surface area contributed by atoms with Crippen molar-refractivity contribution < 1.29 is 17.6 Å². The highest BCUT2D eigenvalue weighted by Crippen LogP contribution is 2.22. The monoisotopic (exact) mass is 438 g/mol. The molecule has 0 saturated carbocycles. The number of carbonyl (C=O) groups is 1. The number of amides is 2. The van der Waals surface area contributed by atoms with Gasteiger partial charge in [0.15, 0.2) is 5.58 Å². The minimum absolute atomic E-state index is 0.0606. The highest BCUT2D eigenvalue weighted by atomic mass is 32.2. The summed E-state index contributed by atoms with van der Waals surface area (Å²) in [4.78, 5) is 23.7. The van der Waals surface area contributed by atoms with Crippen molar-refractivity contribution in [3.05, 3.63) is 83.3 Å². The van der Waals surface area contributed by atoms with Gasteiger partial charge in [0.1, 0.15) is 0 Å². The van der Waals surface area contributed by atoms with Crippen LogP contribution in [-0.4, -0.2) is 19.0 Å². The number of benzene rings is 3. The van der Waals surface area contributed by atoms with Crippen LogP contribution in [-0.2, 0) is 17.1 Å². The van der Waals surface area contributed by atoms with Crippen molar-refractivity contribution in [1.29, 1.82) is 0 Å². The van der Waals surface area contributed by atoms with E-state index < -0.39 is 21.8 Å². The van der Waals surface area contributed by atoms with Crippen molar-refractivity contribution in [2.24, 2.45) is 7.05 Å². The van der Waals surface area contributed by atoms with Gasteiger partial charge in [-0.2, -0.15) is 0 Å². The van der Waals surface area contributed by atoms with Gasteiger partial charge in [0.25, 0.3) is 10.0 Å². The van der Waals surface area contributed by atoms with Gasteiger partial charge < -0.3 is 15.1 Å². The summed E-state index contributed by atoms with van der Waals surface area (Å²) < 4.78 is 34.4. The molecular formula is C21H18N4O5S. The first kappa shape index (κ1) is 20.2. The molecule has 0 aliphatic rings. The van der Waals surface area contributed by atoms with Crippen LogP contribution in [0.3, 0.4) is 0 Å². The van der Waals surface area contributed by atoms with Gasteiger partial charge in [-0.25, -0.2) is 18.0 Å². The molecule has 0 saturated heterocycles. The fourth-order valence-corrected chi connectivity index (χ4v) is 4.04. The number of aryl methyl sites for hydroxylation is 1. The maximum absolute atomic E-state index is 12.8. The molecular weight excluding hydrogens is 420 g/mol. The average Bonchev–Trinajstić information content (AvgIpc) is 3.02. The molecule has 0 aliphatic heterocycles.